The number of amides is 1. The first-order valence-electron chi connectivity index (χ1n) is 7.48. The molecular weight excluding hydrogens is 330 g/mol. The molecule has 7 heteroatoms. The van der Waals surface area contributed by atoms with Crippen LogP contribution in [-0.4, -0.2) is 38.3 Å². The minimum Gasteiger partial charge on any atom is -0.495 e. The fourth-order valence-electron chi connectivity index (χ4n) is 2.05. The average molecular weight is 350 g/mol. The molecule has 0 atom stereocenters. The molecule has 1 aromatic heterocycles. The topological polar surface area (TPSA) is 72.5 Å². The minimum atomic E-state index is -0.220. The van der Waals surface area contributed by atoms with Crippen molar-refractivity contribution in [2.45, 2.75) is 6.42 Å². The molecule has 1 aromatic carbocycles. The lowest BCUT2D eigenvalue weighted by molar-refractivity contribution is 0.0943. The summed E-state index contributed by atoms with van der Waals surface area (Å²) in [5.41, 5.74) is 1.88. The Morgan fingerprint density at radius 3 is 2.71 bits per heavy atom. The first kappa shape index (κ1) is 18.0. The molecule has 1 amide bonds. The zero-order valence-corrected chi connectivity index (χ0v) is 14.4. The van der Waals surface area contributed by atoms with Gasteiger partial charge in [-0.2, -0.15) is 0 Å². The van der Waals surface area contributed by atoms with Gasteiger partial charge in [-0.3, -0.25) is 9.78 Å². The van der Waals surface area contributed by atoms with Crippen molar-refractivity contribution in [2.75, 3.05) is 32.7 Å². The highest BCUT2D eigenvalue weighted by atomic mass is 35.5. The molecule has 0 saturated heterocycles. The molecule has 0 aliphatic heterocycles. The van der Waals surface area contributed by atoms with Gasteiger partial charge in [0.05, 0.1) is 12.1 Å². The number of aromatic nitrogens is 1. The van der Waals surface area contributed by atoms with Crippen LogP contribution >= 0.6 is 11.6 Å². The highest BCUT2D eigenvalue weighted by Gasteiger charge is 2.08. The van der Waals surface area contributed by atoms with Crippen LogP contribution in [0.1, 0.15) is 16.9 Å². The number of hydrogen-bond acceptors (Lipinski definition) is 5. The van der Waals surface area contributed by atoms with E-state index in [1.807, 2.05) is 6.07 Å². The quantitative estimate of drug-likeness (QED) is 0.716. The molecule has 0 fully saturated rings. The zero-order chi connectivity index (χ0) is 17.4. The number of rotatable bonds is 8. The first-order valence-corrected chi connectivity index (χ1v) is 7.85. The summed E-state index contributed by atoms with van der Waals surface area (Å²) in [5, 5.41) is 6.50. The van der Waals surface area contributed by atoms with E-state index < -0.39 is 0 Å². The standard InChI is InChI=1S/C17H20ClN3O3/c1-23-9-3-7-20-17(22)15-11-13(6-8-19-15)21-12-4-5-16(24-2)14(18)10-12/h4-6,8,10-11H,3,7,9H2,1-2H3,(H,19,21)(H,20,22). The van der Waals surface area contributed by atoms with Crippen molar-refractivity contribution < 1.29 is 14.3 Å². The lowest BCUT2D eigenvalue weighted by Gasteiger charge is -2.10. The maximum absolute atomic E-state index is 12.1. The Bertz CT molecular complexity index is 695. The minimum absolute atomic E-state index is 0.220. The summed E-state index contributed by atoms with van der Waals surface area (Å²) in [6, 6.07) is 8.83. The van der Waals surface area contributed by atoms with Gasteiger partial charge in [0.25, 0.3) is 5.91 Å². The molecule has 0 unspecified atom stereocenters. The van der Waals surface area contributed by atoms with E-state index in [1.165, 1.54) is 0 Å². The summed E-state index contributed by atoms with van der Waals surface area (Å²) < 4.78 is 10.1. The highest BCUT2D eigenvalue weighted by molar-refractivity contribution is 6.32. The van der Waals surface area contributed by atoms with E-state index in [9.17, 15) is 4.79 Å². The van der Waals surface area contributed by atoms with Gasteiger partial charge in [0.15, 0.2) is 0 Å². The van der Waals surface area contributed by atoms with Gasteiger partial charge in [-0.1, -0.05) is 11.6 Å². The molecule has 2 rings (SSSR count). The van der Waals surface area contributed by atoms with Crippen molar-refractivity contribution in [2.24, 2.45) is 0 Å². The Morgan fingerprint density at radius 2 is 2.00 bits per heavy atom. The number of nitrogens with one attached hydrogen (secondary N) is 2. The van der Waals surface area contributed by atoms with Gasteiger partial charge < -0.3 is 20.1 Å². The number of benzene rings is 1. The van der Waals surface area contributed by atoms with Crippen LogP contribution in [0.25, 0.3) is 0 Å². The van der Waals surface area contributed by atoms with Crippen LogP contribution < -0.4 is 15.4 Å². The Morgan fingerprint density at radius 1 is 1.21 bits per heavy atom. The Kier molecular flexibility index (Phi) is 6.84. The normalized spacial score (nSPS) is 10.3. The van der Waals surface area contributed by atoms with E-state index >= 15 is 0 Å². The van der Waals surface area contributed by atoms with E-state index in [1.54, 1.807) is 44.7 Å². The van der Waals surface area contributed by atoms with Gasteiger partial charge in [0.1, 0.15) is 11.4 Å². The number of ether oxygens (including phenoxy) is 2. The lowest BCUT2D eigenvalue weighted by Crippen LogP contribution is -2.26. The molecule has 1 heterocycles. The molecular formula is C17H20ClN3O3. The van der Waals surface area contributed by atoms with Crippen LogP contribution in [0.5, 0.6) is 5.75 Å². The summed E-state index contributed by atoms with van der Waals surface area (Å²) in [6.07, 6.45) is 2.34. The van der Waals surface area contributed by atoms with Gasteiger partial charge >= 0.3 is 0 Å². The molecule has 0 radical (unpaired) electrons. The Hall–Kier alpha value is -2.31. The van der Waals surface area contributed by atoms with Gasteiger partial charge in [-0.05, 0) is 36.8 Å². The van der Waals surface area contributed by atoms with Crippen LogP contribution in [0.4, 0.5) is 11.4 Å². The van der Waals surface area contributed by atoms with Crippen molar-refractivity contribution >= 4 is 28.9 Å². The predicted octanol–water partition coefficient (Wildman–Crippen LogP) is 3.25. The third-order valence-corrected chi connectivity index (χ3v) is 3.54. The Labute approximate surface area is 146 Å². The number of hydrogen-bond donors (Lipinski definition) is 2. The number of carbonyl (C=O) groups is 1. The second kappa shape index (κ2) is 9.10. The fourth-order valence-corrected chi connectivity index (χ4v) is 2.31. The molecule has 128 valence electrons. The summed E-state index contributed by atoms with van der Waals surface area (Å²) in [6.45, 7) is 1.15. The number of methoxy groups -OCH3 is 2. The summed E-state index contributed by atoms with van der Waals surface area (Å²) >= 11 is 6.11. The molecule has 0 saturated carbocycles. The second-order valence-electron chi connectivity index (χ2n) is 5.01. The third kappa shape index (κ3) is 5.11. The molecule has 0 bridgehead atoms. The molecule has 0 spiro atoms. The van der Waals surface area contributed by atoms with Gasteiger partial charge in [-0.15, -0.1) is 0 Å². The maximum atomic E-state index is 12.1. The van der Waals surface area contributed by atoms with Gasteiger partial charge in [-0.25, -0.2) is 0 Å². The highest BCUT2D eigenvalue weighted by Crippen LogP contribution is 2.28. The molecule has 6 nitrogen and oxygen atoms in total. The van der Waals surface area contributed by atoms with Gasteiger partial charge in [0, 0.05) is 37.8 Å². The molecule has 0 aliphatic carbocycles. The van der Waals surface area contributed by atoms with Crippen LogP contribution in [0.15, 0.2) is 36.5 Å². The van der Waals surface area contributed by atoms with Crippen LogP contribution in [0.3, 0.4) is 0 Å². The molecule has 0 aliphatic rings. The van der Waals surface area contributed by atoms with Crippen molar-refractivity contribution in [1.29, 1.82) is 0 Å². The fraction of sp³-hybridized carbons (Fsp3) is 0.294. The van der Waals surface area contributed by atoms with E-state index in [-0.39, 0.29) is 5.91 Å². The van der Waals surface area contributed by atoms with Crippen molar-refractivity contribution in [3.05, 3.63) is 47.2 Å². The summed E-state index contributed by atoms with van der Waals surface area (Å²) in [5.74, 6) is 0.385. The third-order valence-electron chi connectivity index (χ3n) is 3.24. The number of anilines is 2. The molecule has 24 heavy (non-hydrogen) atoms. The number of carbonyl (C=O) groups excluding carboxylic acids is 1. The number of nitrogens with zero attached hydrogens (tertiary/aromatic N) is 1. The van der Waals surface area contributed by atoms with Crippen LogP contribution in [-0.2, 0) is 4.74 Å². The monoisotopic (exact) mass is 349 g/mol. The van der Waals surface area contributed by atoms with E-state index in [0.29, 0.717) is 29.6 Å². The number of pyridine rings is 1. The predicted molar refractivity (Wildman–Crippen MR) is 94.3 cm³/mol. The molecule has 2 N–H and O–H groups in total. The smallest absolute Gasteiger partial charge is 0.269 e. The zero-order valence-electron chi connectivity index (χ0n) is 13.6. The van der Waals surface area contributed by atoms with Crippen molar-refractivity contribution in [3.8, 4) is 5.75 Å². The van der Waals surface area contributed by atoms with Crippen molar-refractivity contribution in [1.82, 2.24) is 10.3 Å². The first-order chi connectivity index (χ1) is 11.6. The second-order valence-corrected chi connectivity index (χ2v) is 5.41. The molecule has 2 aromatic rings. The van der Waals surface area contributed by atoms with E-state index in [0.717, 1.165) is 17.8 Å². The van der Waals surface area contributed by atoms with E-state index in [4.69, 9.17) is 21.1 Å². The van der Waals surface area contributed by atoms with Crippen LogP contribution in [0.2, 0.25) is 5.02 Å². The largest absolute Gasteiger partial charge is 0.495 e. The Balaban J connectivity index is 2.02. The SMILES string of the molecule is COCCCNC(=O)c1cc(Nc2ccc(OC)c(Cl)c2)ccn1. The van der Waals surface area contributed by atoms with Crippen molar-refractivity contribution in [3.63, 3.8) is 0 Å². The summed E-state index contributed by atoms with van der Waals surface area (Å²) in [4.78, 5) is 16.2. The maximum Gasteiger partial charge on any atom is 0.269 e. The van der Waals surface area contributed by atoms with Gasteiger partial charge in [0.2, 0.25) is 0 Å². The van der Waals surface area contributed by atoms with E-state index in [2.05, 4.69) is 15.6 Å². The average Bonchev–Trinajstić information content (AvgIpc) is 2.59. The lowest BCUT2D eigenvalue weighted by atomic mass is 10.2. The number of halogens is 1. The summed E-state index contributed by atoms with van der Waals surface area (Å²) in [7, 11) is 3.19. The van der Waals surface area contributed by atoms with Crippen LogP contribution in [0, 0.1) is 0 Å².